The number of terminal acetylenes is 1. The Morgan fingerprint density at radius 2 is 1.37 bits per heavy atom. The fraction of sp³-hybridized carbons (Fsp3) is 0.647. The first-order chi connectivity index (χ1) is 12.6. The van der Waals surface area contributed by atoms with Crippen molar-refractivity contribution in [1.29, 1.82) is 0 Å². The van der Waals surface area contributed by atoms with Gasteiger partial charge in [0.25, 0.3) is 0 Å². The van der Waals surface area contributed by atoms with Crippen LogP contribution in [-0.4, -0.2) is 67.8 Å². The van der Waals surface area contributed by atoms with Crippen molar-refractivity contribution in [2.75, 3.05) is 13.2 Å². The van der Waals surface area contributed by atoms with Crippen LogP contribution in [0.25, 0.3) is 0 Å². The Morgan fingerprint density at radius 3 is 1.85 bits per heavy atom. The normalized spacial score (nSPS) is 27.0. The zero-order chi connectivity index (χ0) is 20.6. The summed E-state index contributed by atoms with van der Waals surface area (Å²) >= 11 is 0. The molecule has 0 amide bonds. The highest BCUT2D eigenvalue weighted by Crippen LogP contribution is 2.29. The molecular weight excluding hydrogens is 364 g/mol. The minimum absolute atomic E-state index is 0.201. The van der Waals surface area contributed by atoms with Crippen molar-refractivity contribution >= 4 is 23.9 Å². The molecule has 1 heterocycles. The van der Waals surface area contributed by atoms with Crippen molar-refractivity contribution in [1.82, 2.24) is 0 Å². The highest BCUT2D eigenvalue weighted by atomic mass is 16.7. The molecule has 0 bridgehead atoms. The third-order valence-corrected chi connectivity index (χ3v) is 3.28. The first-order valence-electron chi connectivity index (χ1n) is 8.01. The molecule has 2 unspecified atom stereocenters. The van der Waals surface area contributed by atoms with E-state index in [9.17, 15) is 19.2 Å². The van der Waals surface area contributed by atoms with Gasteiger partial charge in [0, 0.05) is 27.7 Å². The summed E-state index contributed by atoms with van der Waals surface area (Å²) in [6.07, 6.45) is -0.894. The first-order valence-corrected chi connectivity index (χ1v) is 8.01. The first kappa shape index (κ1) is 22.4. The molecule has 10 nitrogen and oxygen atoms in total. The summed E-state index contributed by atoms with van der Waals surface area (Å²) in [6.45, 7) is 4.05. The van der Waals surface area contributed by atoms with E-state index in [1.165, 1.54) is 6.92 Å². The van der Waals surface area contributed by atoms with Gasteiger partial charge >= 0.3 is 23.9 Å². The van der Waals surface area contributed by atoms with Crippen LogP contribution in [0.4, 0.5) is 0 Å². The lowest BCUT2D eigenvalue weighted by molar-refractivity contribution is -0.305. The highest BCUT2D eigenvalue weighted by Gasteiger charge is 2.52. The molecule has 0 aromatic rings. The average Bonchev–Trinajstić information content (AvgIpc) is 2.54. The van der Waals surface area contributed by atoms with E-state index in [2.05, 4.69) is 5.92 Å². The predicted molar refractivity (Wildman–Crippen MR) is 86.7 cm³/mol. The van der Waals surface area contributed by atoms with Gasteiger partial charge in [-0.2, -0.15) is 0 Å². The molecule has 10 heteroatoms. The largest absolute Gasteiger partial charge is 0.463 e. The topological polar surface area (TPSA) is 124 Å². The van der Waals surface area contributed by atoms with Gasteiger partial charge < -0.3 is 28.4 Å². The third kappa shape index (κ3) is 7.24. The van der Waals surface area contributed by atoms with E-state index in [1.807, 2.05) is 0 Å². The summed E-state index contributed by atoms with van der Waals surface area (Å²) in [4.78, 5) is 45.7. The minimum Gasteiger partial charge on any atom is -0.463 e. The van der Waals surface area contributed by atoms with E-state index in [4.69, 9.17) is 34.8 Å². The van der Waals surface area contributed by atoms with Gasteiger partial charge in [-0.3, -0.25) is 19.2 Å². The van der Waals surface area contributed by atoms with Gasteiger partial charge in [-0.25, -0.2) is 0 Å². The summed E-state index contributed by atoms with van der Waals surface area (Å²) in [5.41, 5.74) is 0. The number of hydrogen-bond donors (Lipinski definition) is 0. The quantitative estimate of drug-likeness (QED) is 0.328. The Morgan fingerprint density at radius 1 is 0.852 bits per heavy atom. The number of rotatable bonds is 7. The fourth-order valence-corrected chi connectivity index (χ4v) is 2.45. The molecule has 150 valence electrons. The summed E-state index contributed by atoms with van der Waals surface area (Å²) < 4.78 is 31.5. The van der Waals surface area contributed by atoms with Crippen molar-refractivity contribution in [2.45, 2.75) is 58.4 Å². The number of hydrogen-bond acceptors (Lipinski definition) is 10. The summed E-state index contributed by atoms with van der Waals surface area (Å²) in [5.74, 6) is -0.519. The lowest BCUT2D eigenvalue weighted by Crippen LogP contribution is -2.62. The molecule has 0 aromatic carbocycles. The van der Waals surface area contributed by atoms with Crippen molar-refractivity contribution in [2.24, 2.45) is 0 Å². The molecule has 0 aliphatic carbocycles. The number of carbonyl (C=O) groups excluding carboxylic acids is 4. The Labute approximate surface area is 156 Å². The molecule has 0 radical (unpaired) electrons. The van der Waals surface area contributed by atoms with Crippen LogP contribution in [-0.2, 0) is 47.6 Å². The maximum Gasteiger partial charge on any atom is 0.303 e. The van der Waals surface area contributed by atoms with Crippen molar-refractivity contribution < 1.29 is 47.6 Å². The Balaban J connectivity index is 3.25. The lowest BCUT2D eigenvalue weighted by atomic mass is 9.98. The van der Waals surface area contributed by atoms with Gasteiger partial charge in [-0.1, -0.05) is 5.92 Å². The number of carbonyl (C=O) groups is 4. The Kier molecular flexibility index (Phi) is 8.71. The van der Waals surface area contributed by atoms with Crippen LogP contribution in [0.15, 0.2) is 0 Å². The molecule has 1 aliphatic heterocycles. The molecule has 1 aliphatic rings. The lowest BCUT2D eigenvalue weighted by Gasteiger charge is -2.43. The predicted octanol–water partition coefficient (Wildman–Crippen LogP) is -0.281. The standard InChI is InChI=1S/C17H22O10/c1-6-7-22-17-16(26-12(5)21)15(25-11(4)20)14(24-10(3)19)13(27-17)8-23-9(2)18/h1,13-17H,7-8H2,2-5H3/t13?,14-,15-,16?,17+/m0/s1. The Hall–Kier alpha value is -2.64. The number of ether oxygens (including phenoxy) is 6. The molecule has 27 heavy (non-hydrogen) atoms. The van der Waals surface area contributed by atoms with Gasteiger partial charge in [0.15, 0.2) is 24.6 Å². The molecule has 5 atom stereocenters. The van der Waals surface area contributed by atoms with E-state index in [0.717, 1.165) is 20.8 Å². The summed E-state index contributed by atoms with van der Waals surface area (Å²) in [6, 6.07) is 0. The number of esters is 4. The van der Waals surface area contributed by atoms with Crippen molar-refractivity contribution in [3.05, 3.63) is 0 Å². The van der Waals surface area contributed by atoms with Crippen LogP contribution >= 0.6 is 0 Å². The SMILES string of the molecule is C#CCO[C@@H]1OC(COC(C)=O)[C@H](OC(C)=O)[C@H](OC(C)=O)C1OC(C)=O. The third-order valence-electron chi connectivity index (χ3n) is 3.28. The van der Waals surface area contributed by atoms with Crippen LogP contribution in [0.3, 0.4) is 0 Å². The van der Waals surface area contributed by atoms with E-state index in [0.29, 0.717) is 0 Å². The maximum atomic E-state index is 11.6. The van der Waals surface area contributed by atoms with E-state index in [1.54, 1.807) is 0 Å². The van der Waals surface area contributed by atoms with Crippen LogP contribution in [0.1, 0.15) is 27.7 Å². The zero-order valence-corrected chi connectivity index (χ0v) is 15.5. The summed E-state index contributed by atoms with van der Waals surface area (Å²) in [5, 5.41) is 0. The Bertz CT molecular complexity index is 607. The molecule has 0 spiro atoms. The molecule has 1 fully saturated rings. The molecule has 1 saturated heterocycles. The van der Waals surface area contributed by atoms with E-state index < -0.39 is 54.6 Å². The molecule has 0 saturated carbocycles. The smallest absolute Gasteiger partial charge is 0.303 e. The van der Waals surface area contributed by atoms with Crippen LogP contribution in [0.5, 0.6) is 0 Å². The van der Waals surface area contributed by atoms with Crippen LogP contribution in [0.2, 0.25) is 0 Å². The van der Waals surface area contributed by atoms with Gasteiger partial charge in [0.05, 0.1) is 0 Å². The second-order valence-electron chi connectivity index (χ2n) is 5.58. The minimum atomic E-state index is -1.27. The zero-order valence-electron chi connectivity index (χ0n) is 15.5. The van der Waals surface area contributed by atoms with Crippen LogP contribution < -0.4 is 0 Å². The van der Waals surface area contributed by atoms with Gasteiger partial charge in [-0.05, 0) is 0 Å². The van der Waals surface area contributed by atoms with Crippen LogP contribution in [0, 0.1) is 12.3 Å². The molecule has 0 N–H and O–H groups in total. The highest BCUT2D eigenvalue weighted by molar-refractivity contribution is 5.68. The van der Waals surface area contributed by atoms with Crippen molar-refractivity contribution in [3.63, 3.8) is 0 Å². The molecule has 1 rings (SSSR count). The second-order valence-corrected chi connectivity index (χ2v) is 5.58. The molecular formula is C17H22O10. The second kappa shape index (κ2) is 10.5. The van der Waals surface area contributed by atoms with E-state index in [-0.39, 0.29) is 13.2 Å². The maximum absolute atomic E-state index is 11.6. The van der Waals surface area contributed by atoms with Gasteiger partial charge in [0.2, 0.25) is 0 Å². The fourth-order valence-electron chi connectivity index (χ4n) is 2.45. The monoisotopic (exact) mass is 386 g/mol. The van der Waals surface area contributed by atoms with Crippen molar-refractivity contribution in [3.8, 4) is 12.3 Å². The summed E-state index contributed by atoms with van der Waals surface area (Å²) in [7, 11) is 0. The van der Waals surface area contributed by atoms with E-state index >= 15 is 0 Å². The average molecular weight is 386 g/mol. The van der Waals surface area contributed by atoms with Gasteiger partial charge in [-0.15, -0.1) is 6.42 Å². The molecule has 0 aromatic heterocycles. The van der Waals surface area contributed by atoms with Gasteiger partial charge in [0.1, 0.15) is 19.3 Å².